The SMILES string of the molecule is CNC1CCN(C2CCC(C#N)(c3ccccn3)CC2)C1. The minimum atomic E-state index is -0.361. The van der Waals surface area contributed by atoms with Crippen LogP contribution in [0.1, 0.15) is 37.8 Å². The molecular weight excluding hydrogens is 260 g/mol. The van der Waals surface area contributed by atoms with E-state index in [4.69, 9.17) is 0 Å². The molecule has 4 nitrogen and oxygen atoms in total. The molecule has 0 radical (unpaired) electrons. The van der Waals surface area contributed by atoms with Gasteiger partial charge in [0.2, 0.25) is 0 Å². The Morgan fingerprint density at radius 2 is 2.14 bits per heavy atom. The second-order valence-electron chi connectivity index (χ2n) is 6.41. The van der Waals surface area contributed by atoms with Crippen molar-refractivity contribution in [2.24, 2.45) is 0 Å². The molecule has 1 atom stereocenters. The second-order valence-corrected chi connectivity index (χ2v) is 6.41. The molecule has 4 heteroatoms. The van der Waals surface area contributed by atoms with Crippen LogP contribution in [0.15, 0.2) is 24.4 Å². The maximum absolute atomic E-state index is 9.71. The third kappa shape index (κ3) is 2.81. The summed E-state index contributed by atoms with van der Waals surface area (Å²) in [6.07, 6.45) is 7.15. The molecule has 2 fully saturated rings. The summed E-state index contributed by atoms with van der Waals surface area (Å²) in [6.45, 7) is 2.35. The Morgan fingerprint density at radius 3 is 2.71 bits per heavy atom. The average Bonchev–Trinajstić information content (AvgIpc) is 3.05. The summed E-state index contributed by atoms with van der Waals surface area (Å²) in [7, 11) is 2.05. The third-order valence-electron chi connectivity index (χ3n) is 5.32. The Labute approximate surface area is 127 Å². The van der Waals surface area contributed by atoms with E-state index in [0.717, 1.165) is 37.9 Å². The summed E-state index contributed by atoms with van der Waals surface area (Å²) in [5.41, 5.74) is 0.598. The van der Waals surface area contributed by atoms with Crippen LogP contribution in [0.3, 0.4) is 0 Å². The summed E-state index contributed by atoms with van der Waals surface area (Å²) in [5, 5.41) is 13.1. The molecule has 1 saturated carbocycles. The van der Waals surface area contributed by atoms with Crippen molar-refractivity contribution >= 4 is 0 Å². The van der Waals surface area contributed by atoms with E-state index in [2.05, 4.69) is 28.3 Å². The lowest BCUT2D eigenvalue weighted by Crippen LogP contribution is -2.42. The molecular formula is C17H24N4. The molecule has 3 rings (SSSR count). The van der Waals surface area contributed by atoms with Gasteiger partial charge in [-0.25, -0.2) is 0 Å². The zero-order valence-electron chi connectivity index (χ0n) is 12.8. The van der Waals surface area contributed by atoms with Crippen molar-refractivity contribution in [3.63, 3.8) is 0 Å². The van der Waals surface area contributed by atoms with E-state index in [0.29, 0.717) is 12.1 Å². The van der Waals surface area contributed by atoms with Gasteiger partial charge < -0.3 is 5.32 Å². The first-order valence-electron chi connectivity index (χ1n) is 8.01. The molecule has 1 aromatic heterocycles. The highest BCUT2D eigenvalue weighted by molar-refractivity contribution is 5.27. The molecule has 1 aromatic rings. The van der Waals surface area contributed by atoms with Crippen molar-refractivity contribution in [2.45, 2.75) is 49.6 Å². The average molecular weight is 284 g/mol. The number of likely N-dealkylation sites (N-methyl/N-ethyl adjacent to an activating group) is 1. The molecule has 112 valence electrons. The van der Waals surface area contributed by atoms with E-state index in [1.165, 1.54) is 13.0 Å². The van der Waals surface area contributed by atoms with Gasteiger partial charge in [0.05, 0.1) is 17.2 Å². The fourth-order valence-electron chi connectivity index (χ4n) is 3.89. The molecule has 0 amide bonds. The molecule has 1 unspecified atom stereocenters. The number of rotatable bonds is 3. The topological polar surface area (TPSA) is 52.0 Å². The van der Waals surface area contributed by atoms with Gasteiger partial charge in [-0.05, 0) is 51.3 Å². The van der Waals surface area contributed by atoms with Gasteiger partial charge in [0.15, 0.2) is 0 Å². The molecule has 0 bridgehead atoms. The van der Waals surface area contributed by atoms with E-state index in [-0.39, 0.29) is 5.41 Å². The molecule has 1 saturated heterocycles. The van der Waals surface area contributed by atoms with Gasteiger partial charge in [0.1, 0.15) is 0 Å². The lowest BCUT2D eigenvalue weighted by molar-refractivity contribution is 0.161. The summed E-state index contributed by atoms with van der Waals surface area (Å²) < 4.78 is 0. The van der Waals surface area contributed by atoms with Gasteiger partial charge in [-0.2, -0.15) is 5.26 Å². The lowest BCUT2D eigenvalue weighted by atomic mass is 9.71. The molecule has 1 aliphatic heterocycles. The van der Waals surface area contributed by atoms with E-state index in [1.807, 2.05) is 18.2 Å². The van der Waals surface area contributed by atoms with Crippen LogP contribution in [0.2, 0.25) is 0 Å². The minimum Gasteiger partial charge on any atom is -0.316 e. The highest BCUT2D eigenvalue weighted by atomic mass is 15.2. The first kappa shape index (κ1) is 14.5. The van der Waals surface area contributed by atoms with E-state index in [1.54, 1.807) is 6.20 Å². The van der Waals surface area contributed by atoms with Gasteiger partial charge in [0.25, 0.3) is 0 Å². The summed E-state index contributed by atoms with van der Waals surface area (Å²) in [5.74, 6) is 0. The smallest absolute Gasteiger partial charge is 0.0994 e. The van der Waals surface area contributed by atoms with E-state index >= 15 is 0 Å². The maximum Gasteiger partial charge on any atom is 0.0994 e. The standard InChI is InChI=1S/C17H24N4/c1-19-14-7-11-21(12-14)15-5-8-17(13-18,9-6-15)16-4-2-3-10-20-16/h2-4,10,14-15,19H,5-9,11-12H2,1H3. The van der Waals surface area contributed by atoms with Gasteiger partial charge >= 0.3 is 0 Å². The first-order chi connectivity index (χ1) is 10.3. The van der Waals surface area contributed by atoms with Crippen LogP contribution in [0.5, 0.6) is 0 Å². The van der Waals surface area contributed by atoms with Gasteiger partial charge in [-0.1, -0.05) is 6.07 Å². The predicted octanol–water partition coefficient (Wildman–Crippen LogP) is 2.08. The lowest BCUT2D eigenvalue weighted by Gasteiger charge is -2.38. The minimum absolute atomic E-state index is 0.361. The number of aromatic nitrogens is 1. The number of hydrogen-bond donors (Lipinski definition) is 1. The summed E-state index contributed by atoms with van der Waals surface area (Å²) >= 11 is 0. The highest BCUT2D eigenvalue weighted by Crippen LogP contribution is 2.40. The number of hydrogen-bond acceptors (Lipinski definition) is 4. The van der Waals surface area contributed by atoms with Crippen molar-refractivity contribution in [1.82, 2.24) is 15.2 Å². The van der Waals surface area contributed by atoms with Gasteiger partial charge in [0, 0.05) is 31.4 Å². The molecule has 1 N–H and O–H groups in total. The molecule has 21 heavy (non-hydrogen) atoms. The van der Waals surface area contributed by atoms with Crippen LogP contribution >= 0.6 is 0 Å². The predicted molar refractivity (Wildman–Crippen MR) is 82.8 cm³/mol. The second kappa shape index (κ2) is 6.13. The molecule has 0 aromatic carbocycles. The fraction of sp³-hybridized carbons (Fsp3) is 0.647. The quantitative estimate of drug-likeness (QED) is 0.923. The van der Waals surface area contributed by atoms with Gasteiger partial charge in [-0.3, -0.25) is 9.88 Å². The third-order valence-corrected chi connectivity index (χ3v) is 5.32. The normalized spacial score (nSPS) is 33.7. The number of pyridine rings is 1. The highest BCUT2D eigenvalue weighted by Gasteiger charge is 2.40. The summed E-state index contributed by atoms with van der Waals surface area (Å²) in [4.78, 5) is 7.06. The summed E-state index contributed by atoms with van der Waals surface area (Å²) in [6, 6.07) is 9.78. The molecule has 0 spiro atoms. The van der Waals surface area contributed by atoms with Crippen LogP contribution in [-0.4, -0.2) is 42.1 Å². The van der Waals surface area contributed by atoms with Crippen LogP contribution in [0, 0.1) is 11.3 Å². The molecule has 2 heterocycles. The Bertz CT molecular complexity index is 499. The number of likely N-dealkylation sites (tertiary alicyclic amines) is 1. The van der Waals surface area contributed by atoms with Gasteiger partial charge in [-0.15, -0.1) is 0 Å². The Hall–Kier alpha value is -1.44. The van der Waals surface area contributed by atoms with Crippen molar-refractivity contribution in [3.8, 4) is 6.07 Å². The van der Waals surface area contributed by atoms with E-state index in [9.17, 15) is 5.26 Å². The molecule has 2 aliphatic rings. The van der Waals surface area contributed by atoms with Crippen molar-refractivity contribution < 1.29 is 0 Å². The van der Waals surface area contributed by atoms with Crippen molar-refractivity contribution in [3.05, 3.63) is 30.1 Å². The maximum atomic E-state index is 9.71. The fourth-order valence-corrected chi connectivity index (χ4v) is 3.89. The van der Waals surface area contributed by atoms with Crippen molar-refractivity contribution in [1.29, 1.82) is 5.26 Å². The first-order valence-corrected chi connectivity index (χ1v) is 8.01. The van der Waals surface area contributed by atoms with Crippen LogP contribution < -0.4 is 5.32 Å². The Morgan fingerprint density at radius 1 is 1.33 bits per heavy atom. The van der Waals surface area contributed by atoms with E-state index < -0.39 is 0 Å². The van der Waals surface area contributed by atoms with Crippen molar-refractivity contribution in [2.75, 3.05) is 20.1 Å². The zero-order valence-corrected chi connectivity index (χ0v) is 12.8. The largest absolute Gasteiger partial charge is 0.316 e. The number of nitrogens with one attached hydrogen (secondary N) is 1. The number of nitriles is 1. The number of nitrogens with zero attached hydrogens (tertiary/aromatic N) is 3. The van der Waals surface area contributed by atoms with Crippen LogP contribution in [0.25, 0.3) is 0 Å². The van der Waals surface area contributed by atoms with Crippen LogP contribution in [0.4, 0.5) is 0 Å². The Balaban J connectivity index is 1.66. The molecule has 1 aliphatic carbocycles. The van der Waals surface area contributed by atoms with Crippen LogP contribution in [-0.2, 0) is 5.41 Å². The zero-order chi connectivity index (χ0) is 14.7. The monoisotopic (exact) mass is 284 g/mol. The Kier molecular flexibility index (Phi) is 4.23.